The summed E-state index contributed by atoms with van der Waals surface area (Å²) in [6.45, 7) is 2.05. The maximum Gasteiger partial charge on any atom is 0.204 e. The number of fused-ring (bicyclic) bond motifs is 3. The number of phenols is 1. The molecule has 0 saturated carbocycles. The number of rotatable bonds is 3. The molecule has 2 aromatic carbocycles. The van der Waals surface area contributed by atoms with E-state index < -0.39 is 0 Å². The van der Waals surface area contributed by atoms with Crippen LogP contribution in [0.4, 0.5) is 11.5 Å². The predicted octanol–water partition coefficient (Wildman–Crippen LogP) is 3.29. The fourth-order valence-electron chi connectivity index (χ4n) is 2.67. The molecule has 2 aromatic heterocycles. The van der Waals surface area contributed by atoms with E-state index in [-0.39, 0.29) is 5.75 Å². The van der Waals surface area contributed by atoms with Gasteiger partial charge in [0.05, 0.1) is 11.0 Å². The molecule has 0 aliphatic heterocycles. The Labute approximate surface area is 132 Å². The Kier molecular flexibility index (Phi) is 3.08. The summed E-state index contributed by atoms with van der Waals surface area (Å²) in [4.78, 5) is 4.66. The number of benzene rings is 2. The second-order valence-electron chi connectivity index (χ2n) is 5.25. The molecule has 6 heteroatoms. The van der Waals surface area contributed by atoms with Crippen LogP contribution in [0.15, 0.2) is 48.5 Å². The van der Waals surface area contributed by atoms with Crippen molar-refractivity contribution >= 4 is 28.2 Å². The summed E-state index contributed by atoms with van der Waals surface area (Å²) in [7, 11) is 0. The molecular formula is C17H15N5O. The quantitative estimate of drug-likeness (QED) is 0.607. The standard InChI is InChI=1S/C17H15N5O/c1-2-15-20-21-17-16(18-11-6-5-7-12(23)10-11)19-13-8-3-4-9-14(13)22(15)17/h3-10,23H,2H2,1H3,(H,18,19). The van der Waals surface area contributed by atoms with Gasteiger partial charge in [-0.3, -0.25) is 4.40 Å². The van der Waals surface area contributed by atoms with Gasteiger partial charge < -0.3 is 10.4 Å². The third kappa shape index (κ3) is 2.24. The molecule has 0 aliphatic rings. The molecule has 6 nitrogen and oxygen atoms in total. The first-order chi connectivity index (χ1) is 11.3. The first-order valence-electron chi connectivity index (χ1n) is 7.45. The highest BCUT2D eigenvalue weighted by molar-refractivity contribution is 5.84. The molecule has 0 aliphatic carbocycles. The normalized spacial score (nSPS) is 11.2. The van der Waals surface area contributed by atoms with Crippen LogP contribution in [0.5, 0.6) is 5.75 Å². The molecule has 114 valence electrons. The molecule has 23 heavy (non-hydrogen) atoms. The first kappa shape index (κ1) is 13.5. The number of aromatic hydroxyl groups is 1. The topological polar surface area (TPSA) is 75.3 Å². The van der Waals surface area contributed by atoms with Crippen molar-refractivity contribution in [2.75, 3.05) is 5.32 Å². The largest absolute Gasteiger partial charge is 0.508 e. The number of hydrogen-bond donors (Lipinski definition) is 2. The summed E-state index contributed by atoms with van der Waals surface area (Å²) in [6.07, 6.45) is 0.779. The van der Waals surface area contributed by atoms with E-state index in [4.69, 9.17) is 0 Å². The Balaban J connectivity index is 1.96. The summed E-state index contributed by atoms with van der Waals surface area (Å²) in [5.41, 5.74) is 3.25. The maximum absolute atomic E-state index is 9.62. The maximum atomic E-state index is 9.62. The van der Waals surface area contributed by atoms with Gasteiger partial charge in [-0.25, -0.2) is 4.98 Å². The fraction of sp³-hybridized carbons (Fsp3) is 0.118. The Morgan fingerprint density at radius 2 is 1.96 bits per heavy atom. The van der Waals surface area contributed by atoms with E-state index in [1.807, 2.05) is 41.7 Å². The molecule has 0 radical (unpaired) electrons. The Bertz CT molecular complexity index is 1010. The third-order valence-electron chi connectivity index (χ3n) is 3.72. The molecule has 0 unspecified atom stereocenters. The minimum absolute atomic E-state index is 0.197. The van der Waals surface area contributed by atoms with E-state index >= 15 is 0 Å². The SMILES string of the molecule is CCc1nnc2c(Nc3cccc(O)c3)nc3ccccc3n12. The van der Waals surface area contributed by atoms with Gasteiger partial charge in [0.1, 0.15) is 11.6 Å². The molecule has 2 heterocycles. The van der Waals surface area contributed by atoms with E-state index in [1.54, 1.807) is 18.2 Å². The molecule has 0 spiro atoms. The van der Waals surface area contributed by atoms with Crippen molar-refractivity contribution < 1.29 is 5.11 Å². The van der Waals surface area contributed by atoms with Gasteiger partial charge in [0.25, 0.3) is 0 Å². The van der Waals surface area contributed by atoms with Gasteiger partial charge in [0.15, 0.2) is 5.82 Å². The van der Waals surface area contributed by atoms with Gasteiger partial charge in [-0.05, 0) is 24.3 Å². The first-order valence-corrected chi connectivity index (χ1v) is 7.45. The average Bonchev–Trinajstić information content (AvgIpc) is 3.00. The van der Waals surface area contributed by atoms with Gasteiger partial charge in [0.2, 0.25) is 5.65 Å². The number of hydrogen-bond acceptors (Lipinski definition) is 5. The third-order valence-corrected chi connectivity index (χ3v) is 3.72. The van der Waals surface area contributed by atoms with Crippen LogP contribution in [0.2, 0.25) is 0 Å². The summed E-state index contributed by atoms with van der Waals surface area (Å²) in [5, 5.41) is 21.4. The number of nitrogens with zero attached hydrogens (tertiary/aromatic N) is 4. The molecule has 0 fully saturated rings. The van der Waals surface area contributed by atoms with Gasteiger partial charge >= 0.3 is 0 Å². The molecule has 0 atom stereocenters. The van der Waals surface area contributed by atoms with Crippen molar-refractivity contribution in [1.82, 2.24) is 19.6 Å². The van der Waals surface area contributed by atoms with Crippen LogP contribution in [0.25, 0.3) is 16.7 Å². The monoisotopic (exact) mass is 305 g/mol. The van der Waals surface area contributed by atoms with Crippen LogP contribution in [-0.2, 0) is 6.42 Å². The van der Waals surface area contributed by atoms with Crippen molar-refractivity contribution in [2.24, 2.45) is 0 Å². The van der Waals surface area contributed by atoms with Gasteiger partial charge in [0, 0.05) is 18.2 Å². The second-order valence-corrected chi connectivity index (χ2v) is 5.25. The minimum atomic E-state index is 0.197. The molecule has 0 bridgehead atoms. The number of anilines is 2. The highest BCUT2D eigenvalue weighted by Crippen LogP contribution is 2.25. The predicted molar refractivity (Wildman–Crippen MR) is 89.1 cm³/mol. The smallest absolute Gasteiger partial charge is 0.204 e. The average molecular weight is 305 g/mol. The lowest BCUT2D eigenvalue weighted by molar-refractivity contribution is 0.475. The zero-order valence-electron chi connectivity index (χ0n) is 12.6. The highest BCUT2D eigenvalue weighted by Gasteiger charge is 2.14. The van der Waals surface area contributed by atoms with E-state index in [9.17, 15) is 5.11 Å². The number of aryl methyl sites for hydroxylation is 1. The van der Waals surface area contributed by atoms with Gasteiger partial charge in [-0.15, -0.1) is 10.2 Å². The molecule has 0 saturated heterocycles. The lowest BCUT2D eigenvalue weighted by Gasteiger charge is -2.10. The summed E-state index contributed by atoms with van der Waals surface area (Å²) in [5.74, 6) is 1.70. The lowest BCUT2D eigenvalue weighted by atomic mass is 10.2. The van der Waals surface area contributed by atoms with Crippen LogP contribution < -0.4 is 5.32 Å². The van der Waals surface area contributed by atoms with E-state index in [2.05, 4.69) is 20.5 Å². The van der Waals surface area contributed by atoms with Crippen molar-refractivity contribution in [2.45, 2.75) is 13.3 Å². The van der Waals surface area contributed by atoms with E-state index in [0.29, 0.717) is 11.5 Å². The van der Waals surface area contributed by atoms with Crippen molar-refractivity contribution in [1.29, 1.82) is 0 Å². The van der Waals surface area contributed by atoms with Gasteiger partial charge in [-0.1, -0.05) is 25.1 Å². The van der Waals surface area contributed by atoms with E-state index in [0.717, 1.165) is 29.0 Å². The van der Waals surface area contributed by atoms with Crippen LogP contribution in [0.3, 0.4) is 0 Å². The molecule has 2 N–H and O–H groups in total. The molecule has 0 amide bonds. The van der Waals surface area contributed by atoms with Crippen LogP contribution in [0, 0.1) is 0 Å². The second kappa shape index (κ2) is 5.24. The Morgan fingerprint density at radius 3 is 2.78 bits per heavy atom. The Hall–Kier alpha value is -3.15. The summed E-state index contributed by atoms with van der Waals surface area (Å²) < 4.78 is 2.02. The van der Waals surface area contributed by atoms with Gasteiger partial charge in [-0.2, -0.15) is 0 Å². The molecule has 4 rings (SSSR count). The number of aromatic nitrogens is 4. The van der Waals surface area contributed by atoms with Crippen molar-refractivity contribution in [3.05, 3.63) is 54.4 Å². The number of phenolic OH excluding ortho intramolecular Hbond substituents is 1. The highest BCUT2D eigenvalue weighted by atomic mass is 16.3. The lowest BCUT2D eigenvalue weighted by Crippen LogP contribution is -2.02. The summed E-state index contributed by atoms with van der Waals surface area (Å²) >= 11 is 0. The van der Waals surface area contributed by atoms with Crippen molar-refractivity contribution in [3.63, 3.8) is 0 Å². The van der Waals surface area contributed by atoms with Crippen LogP contribution in [-0.4, -0.2) is 24.7 Å². The van der Waals surface area contributed by atoms with Crippen LogP contribution in [0.1, 0.15) is 12.7 Å². The fourth-order valence-corrected chi connectivity index (χ4v) is 2.67. The van der Waals surface area contributed by atoms with Crippen molar-refractivity contribution in [3.8, 4) is 5.75 Å². The molecular weight excluding hydrogens is 290 g/mol. The number of para-hydroxylation sites is 2. The molecule has 4 aromatic rings. The number of nitrogens with one attached hydrogen (secondary N) is 1. The minimum Gasteiger partial charge on any atom is -0.508 e. The van der Waals surface area contributed by atoms with E-state index in [1.165, 1.54) is 0 Å². The summed E-state index contributed by atoms with van der Waals surface area (Å²) in [6, 6.07) is 14.8. The zero-order valence-corrected chi connectivity index (χ0v) is 12.6. The zero-order chi connectivity index (χ0) is 15.8. The Morgan fingerprint density at radius 1 is 1.09 bits per heavy atom. The van der Waals surface area contributed by atoms with Crippen LogP contribution >= 0.6 is 0 Å².